The van der Waals surface area contributed by atoms with Crippen molar-refractivity contribution in [2.45, 2.75) is 0 Å². The standard InChI is InChI=1S/C17H12N4O2/c22-13-7-5-12(6-8-13)20-17-18-9-11(10-19-17)16-21-14-3-1-2-4-15(14)23-16/h1-10,22H,(H,18,19,20). The van der Waals surface area contributed by atoms with E-state index < -0.39 is 0 Å². The second-order valence-corrected chi connectivity index (χ2v) is 4.95. The Morgan fingerprint density at radius 2 is 1.65 bits per heavy atom. The van der Waals surface area contributed by atoms with Gasteiger partial charge in [-0.25, -0.2) is 15.0 Å². The van der Waals surface area contributed by atoms with Crippen LogP contribution in [-0.2, 0) is 0 Å². The molecule has 0 aliphatic carbocycles. The van der Waals surface area contributed by atoms with Crippen molar-refractivity contribution in [1.29, 1.82) is 0 Å². The summed E-state index contributed by atoms with van der Waals surface area (Å²) in [5, 5.41) is 12.3. The third-order valence-corrected chi connectivity index (χ3v) is 3.32. The topological polar surface area (TPSA) is 84.1 Å². The van der Waals surface area contributed by atoms with Crippen LogP contribution in [0.15, 0.2) is 65.3 Å². The summed E-state index contributed by atoms with van der Waals surface area (Å²) in [5.41, 5.74) is 3.03. The fourth-order valence-electron chi connectivity index (χ4n) is 2.17. The first-order valence-electron chi connectivity index (χ1n) is 7.02. The zero-order chi connectivity index (χ0) is 15.6. The molecule has 6 nitrogen and oxygen atoms in total. The molecule has 0 unspecified atom stereocenters. The van der Waals surface area contributed by atoms with Gasteiger partial charge in [-0.15, -0.1) is 0 Å². The normalized spacial score (nSPS) is 10.8. The maximum atomic E-state index is 9.27. The summed E-state index contributed by atoms with van der Waals surface area (Å²) in [4.78, 5) is 12.9. The summed E-state index contributed by atoms with van der Waals surface area (Å²) in [6.45, 7) is 0. The van der Waals surface area contributed by atoms with E-state index in [1.54, 1.807) is 36.7 Å². The highest BCUT2D eigenvalue weighted by Gasteiger charge is 2.09. The first-order valence-corrected chi connectivity index (χ1v) is 7.02. The SMILES string of the molecule is Oc1ccc(Nc2ncc(-c3nc4ccccc4o3)cn2)cc1. The van der Waals surface area contributed by atoms with Crippen LogP contribution in [0.2, 0.25) is 0 Å². The lowest BCUT2D eigenvalue weighted by Crippen LogP contribution is -1.96. The van der Waals surface area contributed by atoms with E-state index in [0.29, 0.717) is 17.4 Å². The first kappa shape index (κ1) is 13.3. The van der Waals surface area contributed by atoms with Crippen LogP contribution in [0.4, 0.5) is 11.6 Å². The Morgan fingerprint density at radius 1 is 0.913 bits per heavy atom. The molecule has 0 saturated carbocycles. The van der Waals surface area contributed by atoms with Gasteiger partial charge < -0.3 is 14.8 Å². The van der Waals surface area contributed by atoms with Gasteiger partial charge in [-0.1, -0.05) is 12.1 Å². The number of hydrogen-bond donors (Lipinski definition) is 2. The van der Waals surface area contributed by atoms with Gasteiger partial charge in [0.25, 0.3) is 0 Å². The number of phenols is 1. The molecule has 112 valence electrons. The largest absolute Gasteiger partial charge is 0.508 e. The van der Waals surface area contributed by atoms with Crippen molar-refractivity contribution >= 4 is 22.7 Å². The van der Waals surface area contributed by atoms with Crippen LogP contribution in [0.5, 0.6) is 5.75 Å². The van der Waals surface area contributed by atoms with Crippen LogP contribution in [0.3, 0.4) is 0 Å². The van der Waals surface area contributed by atoms with Crippen LogP contribution in [-0.4, -0.2) is 20.1 Å². The smallest absolute Gasteiger partial charge is 0.230 e. The van der Waals surface area contributed by atoms with Gasteiger partial charge in [0.1, 0.15) is 11.3 Å². The molecule has 0 bridgehead atoms. The molecule has 0 spiro atoms. The van der Waals surface area contributed by atoms with Gasteiger partial charge in [-0.3, -0.25) is 0 Å². The number of phenolic OH excluding ortho intramolecular Hbond substituents is 1. The maximum absolute atomic E-state index is 9.27. The summed E-state index contributed by atoms with van der Waals surface area (Å²) in [7, 11) is 0. The van der Waals surface area contributed by atoms with Crippen molar-refractivity contribution in [1.82, 2.24) is 15.0 Å². The number of anilines is 2. The minimum absolute atomic E-state index is 0.211. The number of rotatable bonds is 3. The van der Waals surface area contributed by atoms with Crippen LogP contribution in [0.25, 0.3) is 22.6 Å². The highest BCUT2D eigenvalue weighted by molar-refractivity contribution is 5.75. The van der Waals surface area contributed by atoms with Crippen molar-refractivity contribution in [3.63, 3.8) is 0 Å². The van der Waals surface area contributed by atoms with E-state index >= 15 is 0 Å². The Kier molecular flexibility index (Phi) is 3.12. The molecule has 0 atom stereocenters. The number of para-hydroxylation sites is 2. The molecule has 0 fully saturated rings. The van der Waals surface area contributed by atoms with Crippen LogP contribution >= 0.6 is 0 Å². The molecule has 4 rings (SSSR count). The summed E-state index contributed by atoms with van der Waals surface area (Å²) >= 11 is 0. The van der Waals surface area contributed by atoms with Crippen LogP contribution in [0, 0.1) is 0 Å². The molecule has 2 N–H and O–H groups in total. The molecular weight excluding hydrogens is 292 g/mol. The number of nitrogens with one attached hydrogen (secondary N) is 1. The molecule has 0 aliphatic rings. The van der Waals surface area contributed by atoms with Crippen molar-refractivity contribution in [3.05, 3.63) is 60.9 Å². The predicted molar refractivity (Wildman–Crippen MR) is 86.4 cm³/mol. The van der Waals surface area contributed by atoms with E-state index in [-0.39, 0.29) is 5.75 Å². The number of fused-ring (bicyclic) bond motifs is 1. The number of nitrogens with zero attached hydrogens (tertiary/aromatic N) is 3. The number of oxazole rings is 1. The minimum Gasteiger partial charge on any atom is -0.508 e. The molecule has 2 aromatic heterocycles. The molecule has 2 aromatic carbocycles. The molecule has 0 amide bonds. The number of aromatic nitrogens is 3. The van der Waals surface area contributed by atoms with E-state index in [2.05, 4.69) is 20.3 Å². The summed E-state index contributed by atoms with van der Waals surface area (Å²) in [6.07, 6.45) is 3.31. The molecule has 2 heterocycles. The van der Waals surface area contributed by atoms with E-state index in [4.69, 9.17) is 4.42 Å². The lowest BCUT2D eigenvalue weighted by Gasteiger charge is -2.04. The number of aromatic hydroxyl groups is 1. The van der Waals surface area contributed by atoms with Gasteiger partial charge in [0.2, 0.25) is 11.8 Å². The predicted octanol–water partition coefficient (Wildman–Crippen LogP) is 3.73. The first-order chi connectivity index (χ1) is 11.3. The molecule has 0 radical (unpaired) electrons. The molecule has 6 heteroatoms. The van der Waals surface area contributed by atoms with Crippen molar-refractivity contribution in [2.75, 3.05) is 5.32 Å². The number of hydrogen-bond acceptors (Lipinski definition) is 6. The quantitative estimate of drug-likeness (QED) is 0.561. The van der Waals surface area contributed by atoms with E-state index in [1.165, 1.54) is 0 Å². The van der Waals surface area contributed by atoms with Crippen LogP contribution < -0.4 is 5.32 Å². The average Bonchev–Trinajstić information content (AvgIpc) is 3.02. The Bertz CT molecular complexity index is 913. The van der Waals surface area contributed by atoms with Gasteiger partial charge >= 0.3 is 0 Å². The Balaban J connectivity index is 1.58. The van der Waals surface area contributed by atoms with Gasteiger partial charge in [-0.2, -0.15) is 0 Å². The lowest BCUT2D eigenvalue weighted by atomic mass is 10.3. The van der Waals surface area contributed by atoms with Crippen molar-refractivity contribution in [3.8, 4) is 17.2 Å². The maximum Gasteiger partial charge on any atom is 0.230 e. The van der Waals surface area contributed by atoms with Crippen molar-refractivity contribution < 1.29 is 9.52 Å². The molecule has 23 heavy (non-hydrogen) atoms. The molecule has 0 saturated heterocycles. The zero-order valence-corrected chi connectivity index (χ0v) is 12.0. The van der Waals surface area contributed by atoms with E-state index in [1.807, 2.05) is 24.3 Å². The van der Waals surface area contributed by atoms with Gasteiger partial charge in [0, 0.05) is 18.1 Å². The highest BCUT2D eigenvalue weighted by Crippen LogP contribution is 2.24. The van der Waals surface area contributed by atoms with Gasteiger partial charge in [0.05, 0.1) is 5.56 Å². The second kappa shape index (κ2) is 5.42. The highest BCUT2D eigenvalue weighted by atomic mass is 16.3. The molecular formula is C17H12N4O2. The van der Waals surface area contributed by atoms with Gasteiger partial charge in [0.15, 0.2) is 5.58 Å². The van der Waals surface area contributed by atoms with Crippen LogP contribution in [0.1, 0.15) is 0 Å². The Labute approximate surface area is 131 Å². The average molecular weight is 304 g/mol. The van der Waals surface area contributed by atoms with E-state index in [9.17, 15) is 5.11 Å². The fourth-order valence-corrected chi connectivity index (χ4v) is 2.17. The summed E-state index contributed by atoms with van der Waals surface area (Å²) in [5.74, 6) is 1.15. The third-order valence-electron chi connectivity index (χ3n) is 3.32. The summed E-state index contributed by atoms with van der Waals surface area (Å²) < 4.78 is 5.69. The molecule has 4 aromatic rings. The van der Waals surface area contributed by atoms with Crippen molar-refractivity contribution in [2.24, 2.45) is 0 Å². The third kappa shape index (κ3) is 2.69. The summed E-state index contributed by atoms with van der Waals surface area (Å²) in [6, 6.07) is 14.2. The minimum atomic E-state index is 0.211. The number of benzene rings is 2. The Hall–Kier alpha value is -3.41. The Morgan fingerprint density at radius 3 is 2.39 bits per heavy atom. The monoisotopic (exact) mass is 304 g/mol. The van der Waals surface area contributed by atoms with E-state index in [0.717, 1.165) is 16.8 Å². The zero-order valence-electron chi connectivity index (χ0n) is 12.0. The second-order valence-electron chi connectivity index (χ2n) is 4.95. The lowest BCUT2D eigenvalue weighted by molar-refractivity contribution is 0.475. The fraction of sp³-hybridized carbons (Fsp3) is 0. The van der Waals surface area contributed by atoms with Gasteiger partial charge in [-0.05, 0) is 36.4 Å². The molecule has 0 aliphatic heterocycles.